The third kappa shape index (κ3) is 5.17. The Morgan fingerprint density at radius 2 is 1.94 bits per heavy atom. The molecule has 0 aliphatic heterocycles. The lowest BCUT2D eigenvalue weighted by Crippen LogP contribution is -2.23. The number of furan rings is 1. The standard InChI is InChI=1S/C26H31NO4/c1-6-30-13-7-12-27-24(28)14-18(3)21-15-22-23(20-10-8-17(2)9-11-20)16-31-26(22)19(4)25(21)29-5/h8-11,14-16H,6-7,12-13H2,1-5H3,(H,27,28)/b18-14+. The molecule has 1 aromatic heterocycles. The van der Waals surface area contributed by atoms with Crippen LogP contribution in [0.4, 0.5) is 0 Å². The van der Waals surface area contributed by atoms with Gasteiger partial charge in [-0.1, -0.05) is 29.8 Å². The molecule has 0 saturated heterocycles. The Morgan fingerprint density at radius 3 is 2.61 bits per heavy atom. The summed E-state index contributed by atoms with van der Waals surface area (Å²) in [6.45, 7) is 9.85. The fourth-order valence-corrected chi connectivity index (χ4v) is 3.68. The van der Waals surface area contributed by atoms with E-state index < -0.39 is 0 Å². The Balaban J connectivity index is 1.94. The van der Waals surface area contributed by atoms with Gasteiger partial charge in [0.2, 0.25) is 5.91 Å². The topological polar surface area (TPSA) is 60.7 Å². The van der Waals surface area contributed by atoms with Crippen molar-refractivity contribution in [3.8, 4) is 16.9 Å². The predicted molar refractivity (Wildman–Crippen MR) is 125 cm³/mol. The average Bonchev–Trinajstić information content (AvgIpc) is 3.18. The first-order valence-electron chi connectivity index (χ1n) is 10.7. The van der Waals surface area contributed by atoms with E-state index in [1.54, 1.807) is 19.4 Å². The molecule has 0 aliphatic rings. The van der Waals surface area contributed by atoms with Crippen LogP contribution in [0.25, 0.3) is 27.7 Å². The molecule has 31 heavy (non-hydrogen) atoms. The summed E-state index contributed by atoms with van der Waals surface area (Å²) in [5.74, 6) is 0.593. The van der Waals surface area contributed by atoms with Crippen LogP contribution in [0.5, 0.6) is 5.75 Å². The quantitative estimate of drug-likeness (QED) is 0.357. The van der Waals surface area contributed by atoms with Crippen molar-refractivity contribution < 1.29 is 18.7 Å². The maximum atomic E-state index is 12.4. The van der Waals surface area contributed by atoms with E-state index in [9.17, 15) is 4.79 Å². The second-order valence-electron chi connectivity index (χ2n) is 7.64. The van der Waals surface area contributed by atoms with E-state index in [0.29, 0.717) is 19.8 Å². The molecule has 0 radical (unpaired) electrons. The summed E-state index contributed by atoms with van der Waals surface area (Å²) in [6.07, 6.45) is 4.20. The first-order valence-corrected chi connectivity index (χ1v) is 10.7. The van der Waals surface area contributed by atoms with E-state index in [1.807, 2.05) is 26.8 Å². The number of amides is 1. The smallest absolute Gasteiger partial charge is 0.244 e. The number of allylic oxidation sites excluding steroid dienone is 1. The van der Waals surface area contributed by atoms with E-state index in [1.165, 1.54) is 5.56 Å². The fraction of sp³-hybridized carbons (Fsp3) is 0.346. The third-order valence-corrected chi connectivity index (χ3v) is 5.35. The van der Waals surface area contributed by atoms with Crippen molar-refractivity contribution in [3.63, 3.8) is 0 Å². The number of benzene rings is 2. The summed E-state index contributed by atoms with van der Waals surface area (Å²) in [6, 6.07) is 10.4. The Kier molecular flexibility index (Phi) is 7.53. The Hall–Kier alpha value is -3.05. The summed E-state index contributed by atoms with van der Waals surface area (Å²) in [4.78, 5) is 12.4. The van der Waals surface area contributed by atoms with Gasteiger partial charge in [0.25, 0.3) is 0 Å². The molecule has 0 unspecified atom stereocenters. The minimum absolute atomic E-state index is 0.125. The van der Waals surface area contributed by atoms with Gasteiger partial charge in [0.1, 0.15) is 11.3 Å². The largest absolute Gasteiger partial charge is 0.496 e. The first-order chi connectivity index (χ1) is 15.0. The van der Waals surface area contributed by atoms with E-state index in [2.05, 4.69) is 36.5 Å². The molecule has 1 N–H and O–H groups in total. The van der Waals surface area contributed by atoms with Crippen LogP contribution >= 0.6 is 0 Å². The highest BCUT2D eigenvalue weighted by molar-refractivity contribution is 6.01. The minimum Gasteiger partial charge on any atom is -0.496 e. The van der Waals surface area contributed by atoms with Gasteiger partial charge in [-0.15, -0.1) is 0 Å². The summed E-state index contributed by atoms with van der Waals surface area (Å²) in [7, 11) is 1.64. The monoisotopic (exact) mass is 421 g/mol. The summed E-state index contributed by atoms with van der Waals surface area (Å²) in [5, 5.41) is 3.92. The highest BCUT2D eigenvalue weighted by atomic mass is 16.5. The Morgan fingerprint density at radius 1 is 1.19 bits per heavy atom. The molecular formula is C26H31NO4. The van der Waals surface area contributed by atoms with E-state index in [0.717, 1.165) is 51.0 Å². The number of rotatable bonds is 9. The Labute approximate surface area is 184 Å². The molecule has 5 nitrogen and oxygen atoms in total. The summed E-state index contributed by atoms with van der Waals surface area (Å²) >= 11 is 0. The van der Waals surface area contributed by atoms with Crippen molar-refractivity contribution in [2.45, 2.75) is 34.1 Å². The van der Waals surface area contributed by atoms with E-state index in [4.69, 9.17) is 13.9 Å². The second kappa shape index (κ2) is 10.3. The van der Waals surface area contributed by atoms with Crippen molar-refractivity contribution in [2.75, 3.05) is 26.9 Å². The van der Waals surface area contributed by atoms with Crippen molar-refractivity contribution >= 4 is 22.4 Å². The zero-order valence-corrected chi connectivity index (χ0v) is 19.0. The van der Waals surface area contributed by atoms with Gasteiger partial charge in [0.15, 0.2) is 0 Å². The zero-order chi connectivity index (χ0) is 22.4. The minimum atomic E-state index is -0.125. The number of nitrogens with one attached hydrogen (secondary N) is 1. The lowest BCUT2D eigenvalue weighted by Gasteiger charge is -2.13. The van der Waals surface area contributed by atoms with Crippen LogP contribution in [0.3, 0.4) is 0 Å². The number of carbonyl (C=O) groups is 1. The maximum absolute atomic E-state index is 12.4. The number of methoxy groups -OCH3 is 1. The summed E-state index contributed by atoms with van der Waals surface area (Å²) < 4.78 is 16.9. The number of ether oxygens (including phenoxy) is 2. The second-order valence-corrected chi connectivity index (χ2v) is 7.64. The van der Waals surface area contributed by atoms with Gasteiger partial charge in [-0.3, -0.25) is 4.79 Å². The lowest BCUT2D eigenvalue weighted by atomic mass is 9.96. The molecule has 2 aromatic carbocycles. The molecule has 0 fully saturated rings. The van der Waals surface area contributed by atoms with Crippen molar-refractivity contribution in [3.05, 3.63) is 59.4 Å². The number of hydrogen-bond acceptors (Lipinski definition) is 4. The van der Waals surface area contributed by atoms with Crippen LogP contribution in [0, 0.1) is 13.8 Å². The van der Waals surface area contributed by atoms with Crippen LogP contribution < -0.4 is 10.1 Å². The van der Waals surface area contributed by atoms with Gasteiger partial charge in [-0.25, -0.2) is 0 Å². The molecule has 5 heteroatoms. The molecule has 164 valence electrons. The van der Waals surface area contributed by atoms with Gasteiger partial charge < -0.3 is 19.2 Å². The van der Waals surface area contributed by atoms with Crippen LogP contribution in [0.1, 0.15) is 37.0 Å². The SMILES string of the molecule is CCOCCCNC(=O)/C=C(\C)c1cc2c(-c3ccc(C)cc3)coc2c(C)c1OC. The van der Waals surface area contributed by atoms with E-state index in [-0.39, 0.29) is 5.91 Å². The van der Waals surface area contributed by atoms with Crippen LogP contribution in [-0.4, -0.2) is 32.8 Å². The van der Waals surface area contributed by atoms with Crippen LogP contribution in [0.15, 0.2) is 47.1 Å². The van der Waals surface area contributed by atoms with Gasteiger partial charge in [0, 0.05) is 47.9 Å². The lowest BCUT2D eigenvalue weighted by molar-refractivity contribution is -0.116. The van der Waals surface area contributed by atoms with Crippen LogP contribution in [0.2, 0.25) is 0 Å². The molecule has 0 aliphatic carbocycles. The number of carbonyl (C=O) groups excluding carboxylic acids is 1. The Bertz CT molecular complexity index is 1080. The highest BCUT2D eigenvalue weighted by Gasteiger charge is 2.18. The maximum Gasteiger partial charge on any atom is 0.244 e. The number of aryl methyl sites for hydroxylation is 2. The molecule has 0 atom stereocenters. The van der Waals surface area contributed by atoms with E-state index >= 15 is 0 Å². The summed E-state index contributed by atoms with van der Waals surface area (Å²) in [5.41, 5.74) is 6.75. The van der Waals surface area contributed by atoms with Gasteiger partial charge >= 0.3 is 0 Å². The molecule has 3 rings (SSSR count). The first kappa shape index (κ1) is 22.6. The highest BCUT2D eigenvalue weighted by Crippen LogP contribution is 2.40. The van der Waals surface area contributed by atoms with Gasteiger partial charge in [0.05, 0.1) is 13.4 Å². The zero-order valence-electron chi connectivity index (χ0n) is 19.0. The fourth-order valence-electron chi connectivity index (χ4n) is 3.68. The average molecular weight is 422 g/mol. The molecule has 0 saturated carbocycles. The molecular weight excluding hydrogens is 390 g/mol. The van der Waals surface area contributed by atoms with Crippen molar-refractivity contribution in [1.29, 1.82) is 0 Å². The number of hydrogen-bond donors (Lipinski definition) is 1. The predicted octanol–water partition coefficient (Wildman–Crippen LogP) is 5.67. The third-order valence-electron chi connectivity index (χ3n) is 5.35. The van der Waals surface area contributed by atoms with Crippen LogP contribution in [-0.2, 0) is 9.53 Å². The normalized spacial score (nSPS) is 11.7. The molecule has 0 spiro atoms. The molecule has 1 amide bonds. The van der Waals surface area contributed by atoms with Gasteiger partial charge in [-0.2, -0.15) is 0 Å². The number of fused-ring (bicyclic) bond motifs is 1. The van der Waals surface area contributed by atoms with Crippen molar-refractivity contribution in [2.24, 2.45) is 0 Å². The molecule has 3 aromatic rings. The van der Waals surface area contributed by atoms with Crippen molar-refractivity contribution in [1.82, 2.24) is 5.32 Å². The van der Waals surface area contributed by atoms with Gasteiger partial charge in [-0.05, 0) is 51.3 Å². The molecule has 0 bridgehead atoms. The molecule has 1 heterocycles.